The number of aromatic amines is 1. The standard InChI is InChI=1S/C29H29N5O3/c1-34(2)18-19-5-8-21(9-6-19)23-13-25-24(17-32-28(25)31-16-23)12-22(14-30)29(35)33-15-20-7-10-26(36-3)27(11-20)37-4/h5-13,16-17H,15,18H2,1-4H3,(H,31,32)(H,33,35)/b22-12+. The lowest BCUT2D eigenvalue weighted by molar-refractivity contribution is -0.117. The third kappa shape index (κ3) is 5.97. The van der Waals surface area contributed by atoms with Crippen molar-refractivity contribution in [1.82, 2.24) is 20.2 Å². The molecule has 0 aliphatic carbocycles. The molecular formula is C29H29N5O3. The van der Waals surface area contributed by atoms with Gasteiger partial charge in [0.1, 0.15) is 17.3 Å². The van der Waals surface area contributed by atoms with E-state index in [0.29, 0.717) is 22.7 Å². The van der Waals surface area contributed by atoms with Crippen molar-refractivity contribution in [2.45, 2.75) is 13.1 Å². The van der Waals surface area contributed by atoms with Gasteiger partial charge in [-0.2, -0.15) is 5.26 Å². The number of H-pyrrole nitrogens is 1. The average molecular weight is 496 g/mol. The Balaban J connectivity index is 1.54. The second-order valence-corrected chi connectivity index (χ2v) is 8.84. The number of ether oxygens (including phenoxy) is 2. The number of nitrogens with one attached hydrogen (secondary N) is 2. The van der Waals surface area contributed by atoms with E-state index in [4.69, 9.17) is 9.47 Å². The molecular weight excluding hydrogens is 466 g/mol. The molecule has 8 nitrogen and oxygen atoms in total. The predicted octanol–water partition coefficient (Wildman–Crippen LogP) is 4.53. The summed E-state index contributed by atoms with van der Waals surface area (Å²) in [5, 5.41) is 13.3. The Kier molecular flexibility index (Phi) is 7.86. The van der Waals surface area contributed by atoms with Gasteiger partial charge in [-0.15, -0.1) is 0 Å². The minimum atomic E-state index is -0.466. The number of methoxy groups -OCH3 is 2. The number of amides is 1. The van der Waals surface area contributed by atoms with Gasteiger partial charge in [0.25, 0.3) is 5.91 Å². The van der Waals surface area contributed by atoms with Gasteiger partial charge in [0, 0.05) is 42.0 Å². The van der Waals surface area contributed by atoms with Gasteiger partial charge < -0.3 is 24.7 Å². The van der Waals surface area contributed by atoms with Gasteiger partial charge in [0.05, 0.1) is 14.2 Å². The summed E-state index contributed by atoms with van der Waals surface area (Å²) in [5.41, 5.74) is 5.44. The molecule has 2 N–H and O–H groups in total. The zero-order chi connectivity index (χ0) is 26.4. The molecule has 37 heavy (non-hydrogen) atoms. The first-order chi connectivity index (χ1) is 17.9. The van der Waals surface area contributed by atoms with E-state index in [9.17, 15) is 10.1 Å². The molecule has 1 amide bonds. The molecule has 0 spiro atoms. The first-order valence-corrected chi connectivity index (χ1v) is 11.7. The number of aromatic nitrogens is 2. The van der Waals surface area contributed by atoms with Crippen LogP contribution < -0.4 is 14.8 Å². The third-order valence-electron chi connectivity index (χ3n) is 5.92. The molecule has 4 aromatic rings. The molecule has 0 fully saturated rings. The monoisotopic (exact) mass is 495 g/mol. The molecule has 4 rings (SSSR count). The molecule has 0 aliphatic heterocycles. The van der Waals surface area contributed by atoms with Crippen LogP contribution in [0.1, 0.15) is 16.7 Å². The molecule has 0 saturated heterocycles. The van der Waals surface area contributed by atoms with Crippen LogP contribution in [0.3, 0.4) is 0 Å². The van der Waals surface area contributed by atoms with Gasteiger partial charge in [-0.1, -0.05) is 30.3 Å². The van der Waals surface area contributed by atoms with Gasteiger partial charge in [-0.25, -0.2) is 4.98 Å². The molecule has 0 bridgehead atoms. The molecule has 0 radical (unpaired) electrons. The normalized spacial score (nSPS) is 11.4. The van der Waals surface area contributed by atoms with Gasteiger partial charge >= 0.3 is 0 Å². The maximum absolute atomic E-state index is 12.8. The van der Waals surface area contributed by atoms with Crippen LogP contribution in [0.2, 0.25) is 0 Å². The molecule has 0 saturated carbocycles. The number of fused-ring (bicyclic) bond motifs is 1. The van der Waals surface area contributed by atoms with Crippen LogP contribution in [0.15, 0.2) is 66.5 Å². The quantitative estimate of drug-likeness (QED) is 0.261. The lowest BCUT2D eigenvalue weighted by atomic mass is 10.0. The van der Waals surface area contributed by atoms with Gasteiger partial charge in [0.15, 0.2) is 11.5 Å². The van der Waals surface area contributed by atoms with Crippen LogP contribution in [-0.4, -0.2) is 49.1 Å². The summed E-state index contributed by atoms with van der Waals surface area (Å²) >= 11 is 0. The Bertz CT molecular complexity index is 1480. The fraction of sp³-hybridized carbons (Fsp3) is 0.207. The fourth-order valence-electron chi connectivity index (χ4n) is 4.04. The van der Waals surface area contributed by atoms with Crippen LogP contribution in [0.4, 0.5) is 0 Å². The van der Waals surface area contributed by atoms with E-state index in [1.807, 2.05) is 38.5 Å². The van der Waals surface area contributed by atoms with E-state index >= 15 is 0 Å². The summed E-state index contributed by atoms with van der Waals surface area (Å²) in [6.45, 7) is 1.11. The predicted molar refractivity (Wildman–Crippen MR) is 144 cm³/mol. The van der Waals surface area contributed by atoms with Crippen LogP contribution in [0, 0.1) is 11.3 Å². The highest BCUT2D eigenvalue weighted by Gasteiger charge is 2.13. The lowest BCUT2D eigenvalue weighted by Crippen LogP contribution is -2.24. The molecule has 8 heteroatoms. The number of rotatable bonds is 9. The molecule has 2 heterocycles. The Morgan fingerprint density at radius 1 is 1.05 bits per heavy atom. The molecule has 2 aromatic heterocycles. The van der Waals surface area contributed by atoms with E-state index in [0.717, 1.165) is 28.6 Å². The number of hydrogen-bond acceptors (Lipinski definition) is 6. The van der Waals surface area contributed by atoms with Crippen molar-refractivity contribution in [3.8, 4) is 28.7 Å². The van der Waals surface area contributed by atoms with E-state index < -0.39 is 5.91 Å². The highest BCUT2D eigenvalue weighted by Crippen LogP contribution is 2.28. The maximum atomic E-state index is 12.8. The zero-order valence-electron chi connectivity index (χ0n) is 21.3. The highest BCUT2D eigenvalue weighted by molar-refractivity contribution is 6.04. The zero-order valence-corrected chi connectivity index (χ0v) is 21.3. The van der Waals surface area contributed by atoms with E-state index in [-0.39, 0.29) is 12.1 Å². The largest absolute Gasteiger partial charge is 0.493 e. The fourth-order valence-corrected chi connectivity index (χ4v) is 4.04. The molecule has 0 aliphatic rings. The van der Waals surface area contributed by atoms with Crippen molar-refractivity contribution in [3.05, 3.63) is 83.2 Å². The Hall–Kier alpha value is -4.61. The van der Waals surface area contributed by atoms with E-state index in [2.05, 4.69) is 44.5 Å². The topological polar surface area (TPSA) is 103 Å². The first kappa shape index (κ1) is 25.5. The lowest BCUT2D eigenvalue weighted by Gasteiger charge is -2.10. The summed E-state index contributed by atoms with van der Waals surface area (Å²) in [6.07, 6.45) is 5.14. The van der Waals surface area contributed by atoms with Crippen molar-refractivity contribution < 1.29 is 14.3 Å². The number of pyridine rings is 1. The van der Waals surface area contributed by atoms with E-state index in [1.54, 1.807) is 38.6 Å². The number of carbonyl (C=O) groups excluding carboxylic acids is 1. The summed E-state index contributed by atoms with van der Waals surface area (Å²) in [6, 6.07) is 17.8. The smallest absolute Gasteiger partial charge is 0.262 e. The van der Waals surface area contributed by atoms with E-state index in [1.165, 1.54) is 5.56 Å². The SMILES string of the molecule is COc1ccc(CNC(=O)/C(C#N)=C/c2c[nH]c3ncc(-c4ccc(CN(C)C)cc4)cc23)cc1OC. The van der Waals surface area contributed by atoms with Crippen molar-refractivity contribution in [1.29, 1.82) is 5.26 Å². The Morgan fingerprint density at radius 3 is 2.46 bits per heavy atom. The van der Waals surface area contributed by atoms with Crippen molar-refractivity contribution >= 4 is 23.0 Å². The molecule has 0 atom stereocenters. The minimum absolute atomic E-state index is 0.000168. The summed E-state index contributed by atoms with van der Waals surface area (Å²) < 4.78 is 10.6. The number of nitriles is 1. The maximum Gasteiger partial charge on any atom is 0.262 e. The van der Waals surface area contributed by atoms with Gasteiger partial charge in [-0.3, -0.25) is 4.79 Å². The molecule has 2 aromatic carbocycles. The van der Waals surface area contributed by atoms with Crippen molar-refractivity contribution in [2.24, 2.45) is 0 Å². The summed E-state index contributed by atoms with van der Waals surface area (Å²) in [7, 11) is 7.20. The summed E-state index contributed by atoms with van der Waals surface area (Å²) in [4.78, 5) is 22.6. The number of nitrogens with zero attached hydrogens (tertiary/aromatic N) is 3. The first-order valence-electron chi connectivity index (χ1n) is 11.7. The van der Waals surface area contributed by atoms with Gasteiger partial charge in [0.2, 0.25) is 0 Å². The number of hydrogen-bond donors (Lipinski definition) is 2. The number of carbonyl (C=O) groups is 1. The second kappa shape index (κ2) is 11.4. The van der Waals surface area contributed by atoms with Crippen molar-refractivity contribution in [2.75, 3.05) is 28.3 Å². The second-order valence-electron chi connectivity index (χ2n) is 8.84. The Morgan fingerprint density at radius 2 is 1.78 bits per heavy atom. The van der Waals surface area contributed by atoms with Crippen LogP contribution in [0.25, 0.3) is 28.2 Å². The number of benzene rings is 2. The summed E-state index contributed by atoms with van der Waals surface area (Å²) in [5.74, 6) is 0.707. The van der Waals surface area contributed by atoms with Crippen LogP contribution >= 0.6 is 0 Å². The molecule has 188 valence electrons. The minimum Gasteiger partial charge on any atom is -0.493 e. The third-order valence-corrected chi connectivity index (χ3v) is 5.92. The highest BCUT2D eigenvalue weighted by atomic mass is 16.5. The average Bonchev–Trinajstić information content (AvgIpc) is 3.32. The van der Waals surface area contributed by atoms with Crippen molar-refractivity contribution in [3.63, 3.8) is 0 Å². The van der Waals surface area contributed by atoms with Crippen LogP contribution in [0.5, 0.6) is 11.5 Å². The molecule has 0 unspecified atom stereocenters. The van der Waals surface area contributed by atoms with Crippen LogP contribution in [-0.2, 0) is 17.9 Å². The Labute approximate surface area is 216 Å². The van der Waals surface area contributed by atoms with Gasteiger partial charge in [-0.05, 0) is 55.1 Å².